The molecule has 6 atom stereocenters. The Morgan fingerprint density at radius 3 is 1.21 bits per heavy atom. The number of hydrogen-bond donors (Lipinski definition) is 4. The number of aliphatic hydroxyl groups is 1. The molecule has 107 heavy (non-hydrogen) atoms. The number of H-pyrrole nitrogens is 2. The number of aromatic amines is 2. The normalized spacial score (nSPS) is 19.6. The number of amides is 2. The standard InChI is InChI=1S/C41H41F6N5O5.C33H32F6N4O5.2CH4/c1-28(31-19-33(40(42,43)44)21-34(20-31)41(45,46)47)57-26-39(32-11-7-4-8-12-32)18-17-38(52-27-49-50-36(52)53,24-48-22-29-13-15-35(55-2)16-14-29)25-51(39)37(54)56-23-30-9-5-3-6-10-30;1-22(24-14-26(32(34,35)36)16-27(15-24)33(37,38)39)48-20-31(25-10-6-3-7-11-25)13-12-30(19-44,43-21-40-41-28(43)45)18-42(31)29(46)47-17-23-8-4-2-5-9-23;;/h3-16,19-21,27-28,48H,17-18,22-26H2,1-2H3,(H,50,53);2-11,14-16,21-22,44H,12-13,17-20H2,1H3,(H,41,45);2*1H4/t28-,38-,39-;22-,30+,31-;;/m11../s1. The molecule has 2 aromatic heterocycles. The van der Waals surface area contributed by atoms with Gasteiger partial charge in [-0.15, -0.1) is 0 Å². The van der Waals surface area contributed by atoms with Crippen LogP contribution in [-0.4, -0.2) is 103 Å². The number of alkyl halides is 12. The lowest BCUT2D eigenvalue weighted by atomic mass is 9.74. The lowest BCUT2D eigenvalue weighted by Crippen LogP contribution is -2.65. The summed E-state index contributed by atoms with van der Waals surface area (Å²) < 4.78 is 197. The van der Waals surface area contributed by atoms with Crippen LogP contribution in [-0.2, 0) is 85.6 Å². The predicted molar refractivity (Wildman–Crippen MR) is 370 cm³/mol. The number of rotatable bonds is 22. The van der Waals surface area contributed by atoms with Crippen LogP contribution in [0.3, 0.4) is 0 Å². The van der Waals surface area contributed by atoms with Gasteiger partial charge in [0.15, 0.2) is 0 Å². The Bertz CT molecular complexity index is 4420. The van der Waals surface area contributed by atoms with Gasteiger partial charge in [0.25, 0.3) is 0 Å². The third-order valence-electron chi connectivity index (χ3n) is 19.1. The van der Waals surface area contributed by atoms with Crippen LogP contribution in [0.25, 0.3) is 0 Å². The Kier molecular flexibility index (Phi) is 26.3. The molecule has 2 aliphatic heterocycles. The number of piperidine rings is 2. The first-order valence-electron chi connectivity index (χ1n) is 32.9. The number of halogens is 12. The second kappa shape index (κ2) is 34.1. The second-order valence-electron chi connectivity index (χ2n) is 25.8. The van der Waals surface area contributed by atoms with E-state index >= 15 is 0 Å². The maximum atomic E-state index is 14.5. The molecule has 2 amide bonds. The van der Waals surface area contributed by atoms with E-state index in [1.165, 1.54) is 45.4 Å². The predicted octanol–water partition coefficient (Wildman–Crippen LogP) is 15.9. The maximum absolute atomic E-state index is 14.5. The molecule has 4 N–H and O–H groups in total. The molecular weight excluding hydrogens is 1430 g/mol. The molecule has 0 saturated carbocycles. The number of benzene rings is 7. The number of aromatic nitrogens is 6. The monoisotopic (exact) mass is 1510 g/mol. The van der Waals surface area contributed by atoms with E-state index in [4.69, 9.17) is 23.7 Å². The Morgan fingerprint density at radius 2 is 0.860 bits per heavy atom. The fourth-order valence-electron chi connectivity index (χ4n) is 13.2. The van der Waals surface area contributed by atoms with Crippen molar-refractivity contribution in [2.45, 2.75) is 133 Å². The van der Waals surface area contributed by atoms with Crippen LogP contribution < -0.4 is 21.4 Å². The Balaban J connectivity index is 0.000000269. The maximum Gasteiger partial charge on any atom is 0.416 e. The Labute approximate surface area is 608 Å². The van der Waals surface area contributed by atoms with E-state index in [1.54, 1.807) is 122 Å². The van der Waals surface area contributed by atoms with Crippen molar-refractivity contribution >= 4 is 12.2 Å². The van der Waals surface area contributed by atoms with Gasteiger partial charge in [0.05, 0.1) is 96.6 Å². The summed E-state index contributed by atoms with van der Waals surface area (Å²) in [6.07, 6.45) is -21.4. The highest BCUT2D eigenvalue weighted by atomic mass is 19.4. The van der Waals surface area contributed by atoms with E-state index in [0.29, 0.717) is 58.8 Å². The lowest BCUT2D eigenvalue weighted by molar-refractivity contribution is -0.145. The number of methoxy groups -OCH3 is 1. The van der Waals surface area contributed by atoms with Gasteiger partial charge in [-0.1, -0.05) is 148 Å². The minimum Gasteiger partial charge on any atom is -0.497 e. The highest BCUT2D eigenvalue weighted by Gasteiger charge is 2.55. The van der Waals surface area contributed by atoms with Gasteiger partial charge in [-0.25, -0.2) is 29.4 Å². The van der Waals surface area contributed by atoms with E-state index in [9.17, 15) is 77.0 Å². The molecule has 9 aromatic rings. The molecule has 19 nitrogen and oxygen atoms in total. The SMILES string of the molecule is C.C.COc1ccc(CNC[C@]2(n3cn[nH]c3=O)CC[C@@](CO[C@H](C)c3cc(C(F)(F)F)cc(C(F)(F)F)c3)(c3ccccc3)N(C(=O)OCc3ccccc3)C2)cc1.C[C@@H](OC[C@@]1(c2ccccc2)CC[C@](CO)(n2cn[nH]c2=O)CN1C(=O)OCc1ccccc1)c1cc(C(F)(F)F)cc(C(F)(F)F)c1. The summed E-state index contributed by atoms with van der Waals surface area (Å²) in [7, 11) is 1.57. The van der Waals surface area contributed by atoms with E-state index < -0.39 is 118 Å². The van der Waals surface area contributed by atoms with Crippen molar-refractivity contribution < 1.29 is 91.1 Å². The van der Waals surface area contributed by atoms with Crippen molar-refractivity contribution in [2.75, 3.05) is 46.6 Å². The van der Waals surface area contributed by atoms with Gasteiger partial charge in [-0.05, 0) is 127 Å². The summed E-state index contributed by atoms with van der Waals surface area (Å²) in [4.78, 5) is 57.3. The summed E-state index contributed by atoms with van der Waals surface area (Å²) in [6, 6.07) is 45.0. The minimum absolute atomic E-state index is 0. The molecule has 2 fully saturated rings. The summed E-state index contributed by atoms with van der Waals surface area (Å²) in [5.41, 5.74) is -9.65. The fourth-order valence-corrected chi connectivity index (χ4v) is 13.2. The van der Waals surface area contributed by atoms with E-state index in [1.807, 2.05) is 30.3 Å². The number of hydrogen-bond acceptors (Lipinski definition) is 13. The molecule has 0 spiro atoms. The van der Waals surface area contributed by atoms with Crippen molar-refractivity contribution in [1.29, 1.82) is 0 Å². The van der Waals surface area contributed by atoms with Gasteiger partial charge < -0.3 is 34.1 Å². The van der Waals surface area contributed by atoms with Gasteiger partial charge in [-0.2, -0.15) is 62.9 Å². The van der Waals surface area contributed by atoms with Gasteiger partial charge in [0, 0.05) is 13.1 Å². The van der Waals surface area contributed by atoms with E-state index in [0.717, 1.165) is 5.56 Å². The van der Waals surface area contributed by atoms with Crippen molar-refractivity contribution in [2.24, 2.45) is 0 Å². The Hall–Kier alpha value is -10.2. The first-order valence-corrected chi connectivity index (χ1v) is 32.9. The average Bonchev–Trinajstić information content (AvgIpc) is 1.65. The number of nitrogens with one attached hydrogen (secondary N) is 3. The third-order valence-corrected chi connectivity index (χ3v) is 19.1. The number of ether oxygens (including phenoxy) is 5. The number of carbonyl (C=O) groups excluding carboxylic acids is 2. The van der Waals surface area contributed by atoms with Gasteiger partial charge in [-0.3, -0.25) is 18.9 Å². The summed E-state index contributed by atoms with van der Waals surface area (Å²) in [5.74, 6) is 0.680. The molecule has 4 heterocycles. The van der Waals surface area contributed by atoms with Crippen LogP contribution in [0, 0.1) is 0 Å². The summed E-state index contributed by atoms with van der Waals surface area (Å²) in [5, 5.41) is 26.5. The van der Waals surface area contributed by atoms with Crippen LogP contribution in [0.1, 0.15) is 128 Å². The van der Waals surface area contributed by atoms with Crippen molar-refractivity contribution in [3.8, 4) is 5.75 Å². The zero-order valence-electron chi connectivity index (χ0n) is 56.7. The fraction of sp³-hybridized carbons (Fsp3) is 0.368. The molecule has 574 valence electrons. The highest BCUT2D eigenvalue weighted by Crippen LogP contribution is 2.48. The van der Waals surface area contributed by atoms with Crippen molar-refractivity contribution in [3.05, 3.63) is 277 Å². The van der Waals surface area contributed by atoms with Gasteiger partial charge in [0.2, 0.25) is 0 Å². The number of carbonyl (C=O) groups is 2. The zero-order chi connectivity index (χ0) is 75.6. The summed E-state index contributed by atoms with van der Waals surface area (Å²) in [6.45, 7) is 1.23. The van der Waals surface area contributed by atoms with Gasteiger partial charge in [0.1, 0.15) is 31.6 Å². The minimum atomic E-state index is -5.06. The molecule has 2 aliphatic rings. The molecule has 31 heteroatoms. The molecule has 2 saturated heterocycles. The van der Waals surface area contributed by atoms with E-state index in [2.05, 4.69) is 25.7 Å². The molecule has 7 aromatic carbocycles. The smallest absolute Gasteiger partial charge is 0.416 e. The highest BCUT2D eigenvalue weighted by molar-refractivity contribution is 5.71. The lowest BCUT2D eigenvalue weighted by Gasteiger charge is -2.53. The molecule has 0 aliphatic carbocycles. The number of aliphatic hydroxyl groups excluding tert-OH is 1. The summed E-state index contributed by atoms with van der Waals surface area (Å²) >= 11 is 0. The van der Waals surface area contributed by atoms with Crippen LogP contribution in [0.5, 0.6) is 5.75 Å². The van der Waals surface area contributed by atoms with Crippen molar-refractivity contribution in [3.63, 3.8) is 0 Å². The second-order valence-corrected chi connectivity index (χ2v) is 25.8. The zero-order valence-corrected chi connectivity index (χ0v) is 56.7. The topological polar surface area (TPSA) is 220 Å². The van der Waals surface area contributed by atoms with E-state index in [-0.39, 0.29) is 103 Å². The number of nitrogens with zero attached hydrogens (tertiary/aromatic N) is 6. The largest absolute Gasteiger partial charge is 0.497 e. The average molecular weight is 1510 g/mol. The van der Waals surface area contributed by atoms with Crippen LogP contribution >= 0.6 is 0 Å². The first kappa shape index (κ1) is 82.4. The van der Waals surface area contributed by atoms with Gasteiger partial charge >= 0.3 is 48.3 Å². The molecule has 0 unspecified atom stereocenters. The molecule has 11 rings (SSSR count). The Morgan fingerprint density at radius 1 is 0.505 bits per heavy atom. The third kappa shape index (κ3) is 19.1. The van der Waals surface area contributed by atoms with Crippen LogP contribution in [0.15, 0.2) is 204 Å². The first-order chi connectivity index (χ1) is 49.8. The molecule has 0 radical (unpaired) electrons. The van der Waals surface area contributed by atoms with Crippen molar-refractivity contribution in [1.82, 2.24) is 44.6 Å². The quantitative estimate of drug-likeness (QED) is 0.0465. The molecular formula is C76H81F12N9O10. The van der Waals surface area contributed by atoms with Crippen LogP contribution in [0.4, 0.5) is 62.3 Å². The van der Waals surface area contributed by atoms with Crippen LogP contribution in [0.2, 0.25) is 0 Å². The number of likely N-dealkylation sites (tertiary alicyclic amines) is 2. The molecule has 0 bridgehead atoms.